The standard InChI is InChI=1S/C13H18N2O2/c16-13(17)12-10-7-3-4-8-11(10)14-15(12)9-5-1-2-6-9/h9H,1-8H2,(H,16,17). The first-order valence-corrected chi connectivity index (χ1v) is 6.61. The van der Waals surface area contributed by atoms with Crippen molar-refractivity contribution in [2.45, 2.75) is 57.4 Å². The molecular formula is C13H18N2O2. The molecule has 0 radical (unpaired) electrons. The number of rotatable bonds is 2. The fourth-order valence-electron chi connectivity index (χ4n) is 3.21. The van der Waals surface area contributed by atoms with E-state index in [0.29, 0.717) is 11.7 Å². The van der Waals surface area contributed by atoms with E-state index in [1.165, 1.54) is 12.8 Å². The minimum absolute atomic E-state index is 0.326. The molecule has 92 valence electrons. The molecule has 0 amide bonds. The van der Waals surface area contributed by atoms with Crippen LogP contribution in [0.1, 0.15) is 66.3 Å². The Morgan fingerprint density at radius 3 is 2.59 bits per heavy atom. The molecule has 1 heterocycles. The second-order valence-corrected chi connectivity index (χ2v) is 5.17. The van der Waals surface area contributed by atoms with Crippen LogP contribution in [0.3, 0.4) is 0 Å². The Bertz CT molecular complexity index is 445. The van der Waals surface area contributed by atoms with Gasteiger partial charge in [-0.25, -0.2) is 4.79 Å². The van der Waals surface area contributed by atoms with Crippen LogP contribution in [0.15, 0.2) is 0 Å². The van der Waals surface area contributed by atoms with Gasteiger partial charge in [0.25, 0.3) is 0 Å². The van der Waals surface area contributed by atoms with Gasteiger partial charge in [-0.3, -0.25) is 4.68 Å². The van der Waals surface area contributed by atoms with Crippen LogP contribution in [0.2, 0.25) is 0 Å². The Hall–Kier alpha value is -1.32. The number of aryl methyl sites for hydroxylation is 1. The Morgan fingerprint density at radius 2 is 1.88 bits per heavy atom. The second-order valence-electron chi connectivity index (χ2n) is 5.17. The summed E-state index contributed by atoms with van der Waals surface area (Å²) in [5.74, 6) is -0.799. The molecule has 0 bridgehead atoms. The van der Waals surface area contributed by atoms with Gasteiger partial charge in [-0.1, -0.05) is 12.8 Å². The van der Waals surface area contributed by atoms with Gasteiger partial charge in [0.2, 0.25) is 0 Å². The lowest BCUT2D eigenvalue weighted by molar-refractivity contribution is 0.0679. The number of fused-ring (bicyclic) bond motifs is 1. The first-order valence-electron chi connectivity index (χ1n) is 6.61. The molecule has 0 aliphatic heterocycles. The fraction of sp³-hybridized carbons (Fsp3) is 0.692. The summed E-state index contributed by atoms with van der Waals surface area (Å²) < 4.78 is 1.82. The maximum Gasteiger partial charge on any atom is 0.354 e. The number of carboxylic acids is 1. The summed E-state index contributed by atoms with van der Waals surface area (Å²) in [6.07, 6.45) is 8.67. The zero-order chi connectivity index (χ0) is 11.8. The van der Waals surface area contributed by atoms with Crippen molar-refractivity contribution in [1.82, 2.24) is 9.78 Å². The van der Waals surface area contributed by atoms with Gasteiger partial charge in [-0.05, 0) is 38.5 Å². The highest BCUT2D eigenvalue weighted by atomic mass is 16.4. The van der Waals surface area contributed by atoms with Gasteiger partial charge in [0.15, 0.2) is 0 Å². The van der Waals surface area contributed by atoms with Crippen LogP contribution in [-0.2, 0) is 12.8 Å². The first kappa shape index (κ1) is 10.8. The fourth-order valence-corrected chi connectivity index (χ4v) is 3.21. The van der Waals surface area contributed by atoms with Gasteiger partial charge in [-0.15, -0.1) is 0 Å². The van der Waals surface area contributed by atoms with Crippen molar-refractivity contribution in [2.75, 3.05) is 0 Å². The van der Waals surface area contributed by atoms with E-state index in [-0.39, 0.29) is 0 Å². The number of hydrogen-bond donors (Lipinski definition) is 1. The topological polar surface area (TPSA) is 55.1 Å². The molecule has 0 saturated heterocycles. The number of aromatic nitrogens is 2. The van der Waals surface area contributed by atoms with Crippen LogP contribution in [0, 0.1) is 0 Å². The molecule has 0 spiro atoms. The molecule has 1 aromatic heterocycles. The van der Waals surface area contributed by atoms with Crippen molar-refractivity contribution in [1.29, 1.82) is 0 Å². The number of carboxylic acid groups (broad SMARTS) is 1. The molecule has 4 nitrogen and oxygen atoms in total. The van der Waals surface area contributed by atoms with Gasteiger partial charge >= 0.3 is 5.97 Å². The highest BCUT2D eigenvalue weighted by molar-refractivity contribution is 5.88. The molecule has 0 atom stereocenters. The van der Waals surface area contributed by atoms with Gasteiger partial charge in [0, 0.05) is 5.56 Å². The second kappa shape index (κ2) is 4.17. The quantitative estimate of drug-likeness (QED) is 0.855. The molecular weight excluding hydrogens is 216 g/mol. The predicted molar refractivity (Wildman–Crippen MR) is 63.3 cm³/mol. The Balaban J connectivity index is 2.06. The van der Waals surface area contributed by atoms with Crippen molar-refractivity contribution < 1.29 is 9.90 Å². The maximum atomic E-state index is 11.5. The lowest BCUT2D eigenvalue weighted by Crippen LogP contribution is -2.15. The largest absolute Gasteiger partial charge is 0.477 e. The summed E-state index contributed by atoms with van der Waals surface area (Å²) in [4.78, 5) is 11.5. The Morgan fingerprint density at radius 1 is 1.18 bits per heavy atom. The van der Waals surface area contributed by atoms with E-state index in [2.05, 4.69) is 5.10 Å². The van der Waals surface area contributed by atoms with Crippen LogP contribution in [0.4, 0.5) is 0 Å². The van der Waals surface area contributed by atoms with Crippen LogP contribution in [0.5, 0.6) is 0 Å². The first-order chi connectivity index (χ1) is 8.27. The van der Waals surface area contributed by atoms with Gasteiger partial charge in [0.1, 0.15) is 5.69 Å². The molecule has 4 heteroatoms. The molecule has 1 N–H and O–H groups in total. The number of aromatic carboxylic acids is 1. The third kappa shape index (κ3) is 1.75. The van der Waals surface area contributed by atoms with E-state index in [0.717, 1.165) is 49.8 Å². The highest BCUT2D eigenvalue weighted by Crippen LogP contribution is 2.33. The van der Waals surface area contributed by atoms with Gasteiger partial charge in [0.05, 0.1) is 11.7 Å². The number of nitrogens with zero attached hydrogens (tertiary/aromatic N) is 2. The average molecular weight is 234 g/mol. The molecule has 3 rings (SSSR count). The van der Waals surface area contributed by atoms with Crippen molar-refractivity contribution in [2.24, 2.45) is 0 Å². The molecule has 1 fully saturated rings. The normalized spacial score (nSPS) is 20.5. The molecule has 2 aliphatic carbocycles. The van der Waals surface area contributed by atoms with Crippen LogP contribution in [-0.4, -0.2) is 20.9 Å². The number of hydrogen-bond acceptors (Lipinski definition) is 2. The van der Waals surface area contributed by atoms with Gasteiger partial charge < -0.3 is 5.11 Å². The monoisotopic (exact) mass is 234 g/mol. The third-order valence-corrected chi connectivity index (χ3v) is 4.06. The molecule has 0 unspecified atom stereocenters. The predicted octanol–water partition coefficient (Wildman–Crippen LogP) is 2.58. The van der Waals surface area contributed by atoms with Crippen LogP contribution < -0.4 is 0 Å². The van der Waals surface area contributed by atoms with E-state index in [4.69, 9.17) is 0 Å². The summed E-state index contributed by atoms with van der Waals surface area (Å²) in [5.41, 5.74) is 2.53. The summed E-state index contributed by atoms with van der Waals surface area (Å²) >= 11 is 0. The minimum atomic E-state index is -0.799. The minimum Gasteiger partial charge on any atom is -0.477 e. The molecule has 17 heavy (non-hydrogen) atoms. The third-order valence-electron chi connectivity index (χ3n) is 4.06. The smallest absolute Gasteiger partial charge is 0.354 e. The summed E-state index contributed by atoms with van der Waals surface area (Å²) in [6.45, 7) is 0. The lowest BCUT2D eigenvalue weighted by Gasteiger charge is -2.12. The summed E-state index contributed by atoms with van der Waals surface area (Å²) in [5, 5.41) is 14.0. The Labute approximate surface area is 101 Å². The molecule has 1 saturated carbocycles. The Kier molecular flexibility index (Phi) is 2.65. The summed E-state index contributed by atoms with van der Waals surface area (Å²) in [7, 11) is 0. The zero-order valence-corrected chi connectivity index (χ0v) is 9.98. The average Bonchev–Trinajstić information content (AvgIpc) is 2.95. The van der Waals surface area contributed by atoms with E-state index in [1.807, 2.05) is 4.68 Å². The SMILES string of the molecule is O=C(O)c1c2c(nn1C1CCCC1)CCCC2. The van der Waals surface area contributed by atoms with E-state index >= 15 is 0 Å². The lowest BCUT2D eigenvalue weighted by atomic mass is 9.96. The van der Waals surface area contributed by atoms with Gasteiger partial charge in [-0.2, -0.15) is 5.10 Å². The summed E-state index contributed by atoms with van der Waals surface area (Å²) in [6, 6.07) is 0.326. The van der Waals surface area contributed by atoms with Crippen molar-refractivity contribution in [3.63, 3.8) is 0 Å². The highest BCUT2D eigenvalue weighted by Gasteiger charge is 2.29. The van der Waals surface area contributed by atoms with E-state index < -0.39 is 5.97 Å². The number of carbonyl (C=O) groups is 1. The van der Waals surface area contributed by atoms with E-state index in [1.54, 1.807) is 0 Å². The molecule has 1 aromatic rings. The molecule has 0 aromatic carbocycles. The van der Waals surface area contributed by atoms with Crippen molar-refractivity contribution in [3.8, 4) is 0 Å². The van der Waals surface area contributed by atoms with Crippen molar-refractivity contribution in [3.05, 3.63) is 17.0 Å². The van der Waals surface area contributed by atoms with Crippen LogP contribution >= 0.6 is 0 Å². The van der Waals surface area contributed by atoms with E-state index in [9.17, 15) is 9.90 Å². The van der Waals surface area contributed by atoms with Crippen LogP contribution in [0.25, 0.3) is 0 Å². The zero-order valence-electron chi connectivity index (χ0n) is 9.98. The molecule has 2 aliphatic rings. The maximum absolute atomic E-state index is 11.5. The van der Waals surface area contributed by atoms with Crippen molar-refractivity contribution >= 4 is 5.97 Å².